The average molecular weight is 307 g/mol. The molecule has 0 bridgehead atoms. The fraction of sp³-hybridized carbons (Fsp3) is 0.923. The van der Waals surface area contributed by atoms with Crippen molar-refractivity contribution >= 4 is 14.9 Å². The molecule has 0 saturated carbocycles. The zero-order valence-corrected chi connectivity index (χ0v) is 14.2. The van der Waals surface area contributed by atoms with Crippen molar-refractivity contribution in [3.05, 3.63) is 0 Å². The molecule has 120 valence electrons. The van der Waals surface area contributed by atoms with Gasteiger partial charge < -0.3 is 23.3 Å². The topological polar surface area (TPSA) is 68.2 Å². The number of hydrogen-bond donors (Lipinski definition) is 1. The molecule has 1 N–H and O–H groups in total. The maximum Gasteiger partial charge on any atom is 0.500 e. The summed E-state index contributed by atoms with van der Waals surface area (Å²) in [5.41, 5.74) is 0. The molecule has 0 heterocycles. The maximum absolute atomic E-state index is 10.7. The van der Waals surface area contributed by atoms with Gasteiger partial charge in [0.2, 0.25) is 0 Å². The average Bonchev–Trinajstić information content (AvgIpc) is 2.39. The summed E-state index contributed by atoms with van der Waals surface area (Å²) in [6.07, 6.45) is 1.84. The number of carboxylic acid groups (broad SMARTS) is 1. The van der Waals surface area contributed by atoms with Crippen LogP contribution >= 0.6 is 0 Å². The predicted molar refractivity (Wildman–Crippen MR) is 79.9 cm³/mol. The van der Waals surface area contributed by atoms with Crippen molar-refractivity contribution in [1.82, 2.24) is 4.90 Å². The molecular formula is C13H29NO5Si. The molecular weight excluding hydrogens is 278 g/mol. The molecule has 0 aliphatic rings. The van der Waals surface area contributed by atoms with E-state index in [0.29, 0.717) is 26.4 Å². The lowest BCUT2D eigenvalue weighted by Crippen LogP contribution is -2.45. The van der Waals surface area contributed by atoms with Crippen LogP contribution in [0.4, 0.5) is 4.79 Å². The third-order valence-corrected chi connectivity index (χ3v) is 6.05. The Morgan fingerprint density at radius 1 is 1.00 bits per heavy atom. The Balaban J connectivity index is 4.09. The highest BCUT2D eigenvalue weighted by atomic mass is 28.4. The summed E-state index contributed by atoms with van der Waals surface area (Å²) in [6, 6.07) is 0.791. The summed E-state index contributed by atoms with van der Waals surface area (Å²) in [4.78, 5) is 12.0. The monoisotopic (exact) mass is 307 g/mol. The van der Waals surface area contributed by atoms with Crippen LogP contribution in [-0.4, -0.2) is 58.3 Å². The minimum absolute atomic E-state index is 0.557. The lowest BCUT2D eigenvalue weighted by atomic mass is 10.2. The van der Waals surface area contributed by atoms with Crippen LogP contribution in [0.15, 0.2) is 0 Å². The van der Waals surface area contributed by atoms with Gasteiger partial charge in [-0.05, 0) is 33.6 Å². The molecule has 1 amide bonds. The second-order valence-corrected chi connectivity index (χ2v) is 7.23. The van der Waals surface area contributed by atoms with Crippen LogP contribution in [0.25, 0.3) is 0 Å². The van der Waals surface area contributed by atoms with Crippen molar-refractivity contribution in [2.24, 2.45) is 0 Å². The standard InChI is InChI=1S/C13H29NO5Si/c1-5-17-20(18-6-2,19-7-3)12-10-8-9-11-14(4)13(15)16/h5-12H2,1-4H3,(H,15,16). The molecule has 0 radical (unpaired) electrons. The van der Waals surface area contributed by atoms with E-state index in [1.54, 1.807) is 7.05 Å². The van der Waals surface area contributed by atoms with Gasteiger partial charge in [-0.2, -0.15) is 0 Å². The van der Waals surface area contributed by atoms with Gasteiger partial charge in [-0.25, -0.2) is 4.79 Å². The number of nitrogens with zero attached hydrogens (tertiary/aromatic N) is 1. The van der Waals surface area contributed by atoms with E-state index in [-0.39, 0.29) is 0 Å². The van der Waals surface area contributed by atoms with Crippen LogP contribution in [-0.2, 0) is 13.3 Å². The first kappa shape index (κ1) is 19.4. The Bertz CT molecular complexity index is 248. The Kier molecular flexibility index (Phi) is 10.7. The second-order valence-electron chi connectivity index (χ2n) is 4.50. The summed E-state index contributed by atoms with van der Waals surface area (Å²) in [5.74, 6) is 0. The highest BCUT2D eigenvalue weighted by Crippen LogP contribution is 2.19. The van der Waals surface area contributed by atoms with Gasteiger partial charge in [-0.1, -0.05) is 6.42 Å². The number of amides is 1. The normalized spacial score (nSPS) is 11.6. The van der Waals surface area contributed by atoms with Gasteiger partial charge in [0.05, 0.1) is 0 Å². The minimum atomic E-state index is -2.52. The van der Waals surface area contributed by atoms with Gasteiger partial charge in [0.1, 0.15) is 0 Å². The summed E-state index contributed by atoms with van der Waals surface area (Å²) in [5, 5.41) is 8.75. The Hall–Kier alpha value is -0.633. The quantitative estimate of drug-likeness (QED) is 0.443. The third kappa shape index (κ3) is 7.84. The van der Waals surface area contributed by atoms with Crippen LogP contribution in [0.5, 0.6) is 0 Å². The van der Waals surface area contributed by atoms with Crippen molar-refractivity contribution in [3.63, 3.8) is 0 Å². The maximum atomic E-state index is 10.7. The van der Waals surface area contributed by atoms with E-state index in [9.17, 15) is 4.79 Å². The predicted octanol–water partition coefficient (Wildman–Crippen LogP) is 2.81. The zero-order chi connectivity index (χ0) is 15.4. The number of hydrogen-bond acceptors (Lipinski definition) is 4. The zero-order valence-electron chi connectivity index (χ0n) is 13.2. The summed E-state index contributed by atoms with van der Waals surface area (Å²) in [7, 11) is -0.939. The Labute approximate surface area is 123 Å². The molecule has 7 heteroatoms. The largest absolute Gasteiger partial charge is 0.500 e. The first-order valence-electron chi connectivity index (χ1n) is 7.37. The first-order valence-corrected chi connectivity index (χ1v) is 9.30. The molecule has 0 atom stereocenters. The van der Waals surface area contributed by atoms with Crippen molar-refractivity contribution in [2.75, 3.05) is 33.4 Å². The van der Waals surface area contributed by atoms with Crippen LogP contribution in [0.1, 0.15) is 40.0 Å². The molecule has 6 nitrogen and oxygen atoms in total. The summed E-state index contributed by atoms with van der Waals surface area (Å²) >= 11 is 0. The highest BCUT2D eigenvalue weighted by molar-refractivity contribution is 6.60. The molecule has 0 aromatic rings. The van der Waals surface area contributed by atoms with Crippen molar-refractivity contribution in [1.29, 1.82) is 0 Å². The molecule has 0 saturated heterocycles. The van der Waals surface area contributed by atoms with Crippen molar-refractivity contribution in [2.45, 2.75) is 46.1 Å². The van der Waals surface area contributed by atoms with E-state index >= 15 is 0 Å². The van der Waals surface area contributed by atoms with E-state index < -0.39 is 14.9 Å². The molecule has 0 fully saturated rings. The molecule has 0 unspecified atom stereocenters. The van der Waals surface area contributed by atoms with Crippen molar-refractivity contribution in [3.8, 4) is 0 Å². The first-order chi connectivity index (χ1) is 9.51. The lowest BCUT2D eigenvalue weighted by molar-refractivity contribution is 0.0705. The smallest absolute Gasteiger partial charge is 0.465 e. The molecule has 0 spiro atoms. The van der Waals surface area contributed by atoms with E-state index in [4.69, 9.17) is 18.4 Å². The lowest BCUT2D eigenvalue weighted by Gasteiger charge is -2.28. The number of carbonyl (C=O) groups is 1. The van der Waals surface area contributed by atoms with E-state index in [0.717, 1.165) is 25.3 Å². The van der Waals surface area contributed by atoms with Gasteiger partial charge in [-0.15, -0.1) is 0 Å². The molecule has 0 aliphatic carbocycles. The highest BCUT2D eigenvalue weighted by Gasteiger charge is 2.39. The molecule has 0 aliphatic heterocycles. The minimum Gasteiger partial charge on any atom is -0.465 e. The van der Waals surface area contributed by atoms with Crippen LogP contribution in [0, 0.1) is 0 Å². The van der Waals surface area contributed by atoms with E-state index in [1.165, 1.54) is 4.90 Å². The fourth-order valence-corrected chi connectivity index (χ4v) is 4.65. The van der Waals surface area contributed by atoms with Crippen LogP contribution in [0.3, 0.4) is 0 Å². The number of unbranched alkanes of at least 4 members (excludes halogenated alkanes) is 2. The third-order valence-electron chi connectivity index (χ3n) is 2.90. The van der Waals surface area contributed by atoms with Gasteiger partial charge in [0.25, 0.3) is 0 Å². The van der Waals surface area contributed by atoms with Crippen molar-refractivity contribution < 1.29 is 23.2 Å². The fourth-order valence-electron chi connectivity index (χ4n) is 1.96. The molecule has 0 rings (SSSR count). The number of rotatable bonds is 12. The van der Waals surface area contributed by atoms with Crippen LogP contribution < -0.4 is 0 Å². The molecule has 20 heavy (non-hydrogen) atoms. The second kappa shape index (κ2) is 11.1. The SMILES string of the molecule is CCO[Si](CCCCCN(C)C(=O)O)(OCC)OCC. The summed E-state index contributed by atoms with van der Waals surface area (Å²) in [6.45, 7) is 8.17. The van der Waals surface area contributed by atoms with E-state index in [2.05, 4.69) is 0 Å². The van der Waals surface area contributed by atoms with Gasteiger partial charge >= 0.3 is 14.9 Å². The van der Waals surface area contributed by atoms with E-state index in [1.807, 2.05) is 20.8 Å². The Morgan fingerprint density at radius 2 is 1.50 bits per heavy atom. The Morgan fingerprint density at radius 3 is 1.90 bits per heavy atom. The summed E-state index contributed by atoms with van der Waals surface area (Å²) < 4.78 is 17.3. The van der Waals surface area contributed by atoms with Crippen LogP contribution in [0.2, 0.25) is 6.04 Å². The van der Waals surface area contributed by atoms with Gasteiger partial charge in [0, 0.05) is 39.5 Å². The molecule has 0 aromatic heterocycles. The van der Waals surface area contributed by atoms with Gasteiger partial charge in [-0.3, -0.25) is 0 Å². The molecule has 0 aromatic carbocycles. The van der Waals surface area contributed by atoms with Gasteiger partial charge in [0.15, 0.2) is 0 Å².